The zero-order valence-electron chi connectivity index (χ0n) is 11.4. The van der Waals surface area contributed by atoms with E-state index < -0.39 is 37.2 Å². The molecule has 0 saturated heterocycles. The van der Waals surface area contributed by atoms with Crippen molar-refractivity contribution in [2.45, 2.75) is 6.18 Å². The molecule has 1 N–H and O–H groups in total. The molecule has 0 aromatic heterocycles. The topological polar surface area (TPSA) is 81.7 Å². The molecule has 1 aromatic carbocycles. The quantitative estimate of drug-likeness (QED) is 0.828. The summed E-state index contributed by atoms with van der Waals surface area (Å²) in [6.45, 7) is -2.34. The molecule has 1 aromatic rings. The van der Waals surface area contributed by atoms with E-state index in [9.17, 15) is 27.6 Å². The van der Waals surface area contributed by atoms with Crippen LogP contribution in [-0.4, -0.2) is 44.3 Å². The number of methoxy groups -OCH3 is 1. The molecule has 0 heterocycles. The lowest BCUT2D eigenvalue weighted by atomic mass is 10.1. The van der Waals surface area contributed by atoms with E-state index in [-0.39, 0.29) is 11.1 Å². The summed E-state index contributed by atoms with van der Waals surface area (Å²) < 4.78 is 44.6. The van der Waals surface area contributed by atoms with Crippen molar-refractivity contribution in [2.75, 3.05) is 20.3 Å². The number of halogens is 3. The minimum atomic E-state index is -4.54. The fourth-order valence-electron chi connectivity index (χ4n) is 1.32. The van der Waals surface area contributed by atoms with Gasteiger partial charge in [-0.15, -0.1) is 0 Å². The van der Waals surface area contributed by atoms with E-state index in [2.05, 4.69) is 9.47 Å². The third-order valence-electron chi connectivity index (χ3n) is 2.36. The highest BCUT2D eigenvalue weighted by atomic mass is 19.4. The smallest absolute Gasteiger partial charge is 0.405 e. The molecule has 0 spiro atoms. The van der Waals surface area contributed by atoms with Gasteiger partial charge in [0.1, 0.15) is 6.54 Å². The number of amides is 1. The van der Waals surface area contributed by atoms with Gasteiger partial charge in [0.05, 0.1) is 18.2 Å². The predicted octanol–water partition coefficient (Wildman–Crippen LogP) is 1.31. The van der Waals surface area contributed by atoms with Crippen molar-refractivity contribution >= 4 is 17.8 Å². The van der Waals surface area contributed by atoms with E-state index in [1.807, 2.05) is 0 Å². The standard InChI is InChI=1S/C13H12F3NO5/c1-21-11(19)8-2-4-9(5-3-8)12(20)22-6-10(18)17-7-13(14,15)16/h2-5H,6-7H2,1H3,(H,17,18). The highest BCUT2D eigenvalue weighted by Gasteiger charge is 2.27. The van der Waals surface area contributed by atoms with Gasteiger partial charge in [-0.05, 0) is 24.3 Å². The van der Waals surface area contributed by atoms with Crippen LogP contribution in [0.1, 0.15) is 20.7 Å². The summed E-state index contributed by atoms with van der Waals surface area (Å²) in [5.41, 5.74) is 0.248. The average molecular weight is 319 g/mol. The number of hydrogen-bond acceptors (Lipinski definition) is 5. The molecule has 9 heteroatoms. The number of benzene rings is 1. The van der Waals surface area contributed by atoms with Crippen molar-refractivity contribution in [2.24, 2.45) is 0 Å². The van der Waals surface area contributed by atoms with Crippen molar-refractivity contribution in [1.29, 1.82) is 0 Å². The fourth-order valence-corrected chi connectivity index (χ4v) is 1.32. The van der Waals surface area contributed by atoms with Crippen LogP contribution in [0.2, 0.25) is 0 Å². The van der Waals surface area contributed by atoms with E-state index in [1.54, 1.807) is 5.32 Å². The Labute approximate surface area is 123 Å². The maximum Gasteiger partial charge on any atom is 0.405 e. The van der Waals surface area contributed by atoms with E-state index in [4.69, 9.17) is 0 Å². The maximum atomic E-state index is 11.9. The molecule has 1 rings (SSSR count). The summed E-state index contributed by atoms with van der Waals surface area (Å²) in [4.78, 5) is 33.8. The van der Waals surface area contributed by atoms with Crippen LogP contribution in [0.4, 0.5) is 13.2 Å². The number of hydrogen-bond donors (Lipinski definition) is 1. The third-order valence-corrected chi connectivity index (χ3v) is 2.36. The first-order valence-electron chi connectivity index (χ1n) is 5.92. The SMILES string of the molecule is COC(=O)c1ccc(C(=O)OCC(=O)NCC(F)(F)F)cc1. The van der Waals surface area contributed by atoms with Crippen LogP contribution in [0.3, 0.4) is 0 Å². The van der Waals surface area contributed by atoms with Crippen LogP contribution in [0.15, 0.2) is 24.3 Å². The molecule has 22 heavy (non-hydrogen) atoms. The zero-order chi connectivity index (χ0) is 16.8. The monoisotopic (exact) mass is 319 g/mol. The summed E-state index contributed by atoms with van der Waals surface area (Å²) in [5, 5.41) is 1.56. The van der Waals surface area contributed by atoms with E-state index in [1.165, 1.54) is 31.4 Å². The largest absolute Gasteiger partial charge is 0.465 e. The summed E-state index contributed by atoms with van der Waals surface area (Å²) >= 11 is 0. The summed E-state index contributed by atoms with van der Waals surface area (Å²) in [6, 6.07) is 5.16. The molecule has 0 atom stereocenters. The van der Waals surface area contributed by atoms with Crippen molar-refractivity contribution < 1.29 is 37.0 Å². The van der Waals surface area contributed by atoms with Crippen LogP contribution in [0.5, 0.6) is 0 Å². The Kier molecular flexibility index (Phi) is 5.90. The molecule has 0 aliphatic rings. The van der Waals surface area contributed by atoms with Crippen molar-refractivity contribution in [3.05, 3.63) is 35.4 Å². The van der Waals surface area contributed by atoms with Gasteiger partial charge in [-0.25, -0.2) is 9.59 Å². The second kappa shape index (κ2) is 7.43. The molecule has 1 amide bonds. The first-order chi connectivity index (χ1) is 10.2. The van der Waals surface area contributed by atoms with Crippen LogP contribution in [0.25, 0.3) is 0 Å². The van der Waals surface area contributed by atoms with Gasteiger partial charge in [0.15, 0.2) is 6.61 Å². The molecule has 120 valence electrons. The van der Waals surface area contributed by atoms with Crippen LogP contribution in [-0.2, 0) is 14.3 Å². The van der Waals surface area contributed by atoms with Gasteiger partial charge in [-0.2, -0.15) is 13.2 Å². The van der Waals surface area contributed by atoms with Gasteiger partial charge in [0.25, 0.3) is 5.91 Å². The van der Waals surface area contributed by atoms with E-state index in [0.717, 1.165) is 0 Å². The molecule has 0 aliphatic heterocycles. The van der Waals surface area contributed by atoms with Gasteiger partial charge in [0.2, 0.25) is 0 Å². The van der Waals surface area contributed by atoms with Gasteiger partial charge in [-0.1, -0.05) is 0 Å². The molecule has 0 radical (unpaired) electrons. The average Bonchev–Trinajstić information content (AvgIpc) is 2.49. The minimum Gasteiger partial charge on any atom is -0.465 e. The molecule has 6 nitrogen and oxygen atoms in total. The number of ether oxygens (including phenoxy) is 2. The summed E-state index contributed by atoms with van der Waals surface area (Å²) in [7, 11) is 1.20. The third kappa shape index (κ3) is 5.81. The number of nitrogens with one attached hydrogen (secondary N) is 1. The van der Waals surface area contributed by atoms with E-state index in [0.29, 0.717) is 0 Å². The Morgan fingerprint density at radius 2 is 1.55 bits per heavy atom. The van der Waals surface area contributed by atoms with Gasteiger partial charge in [-0.3, -0.25) is 4.79 Å². The Morgan fingerprint density at radius 1 is 1.05 bits per heavy atom. The highest BCUT2D eigenvalue weighted by Crippen LogP contribution is 2.12. The van der Waals surface area contributed by atoms with Crippen LogP contribution < -0.4 is 5.32 Å². The molecule has 0 unspecified atom stereocenters. The van der Waals surface area contributed by atoms with Gasteiger partial charge in [0, 0.05) is 0 Å². The molecular formula is C13H12F3NO5. The first kappa shape index (κ1) is 17.5. The first-order valence-corrected chi connectivity index (χ1v) is 5.92. The Balaban J connectivity index is 2.48. The number of esters is 2. The predicted molar refractivity (Wildman–Crippen MR) is 67.1 cm³/mol. The lowest BCUT2D eigenvalue weighted by molar-refractivity contribution is -0.140. The van der Waals surface area contributed by atoms with Gasteiger partial charge < -0.3 is 14.8 Å². The van der Waals surface area contributed by atoms with Crippen LogP contribution >= 0.6 is 0 Å². The minimum absolute atomic E-state index is 0.0382. The number of alkyl halides is 3. The highest BCUT2D eigenvalue weighted by molar-refractivity contribution is 5.94. The summed E-state index contributed by atoms with van der Waals surface area (Å²) in [5.74, 6) is -2.57. The van der Waals surface area contributed by atoms with Crippen LogP contribution in [0, 0.1) is 0 Å². The van der Waals surface area contributed by atoms with Crippen molar-refractivity contribution in [3.63, 3.8) is 0 Å². The van der Waals surface area contributed by atoms with Crippen molar-refractivity contribution in [3.8, 4) is 0 Å². The zero-order valence-corrected chi connectivity index (χ0v) is 11.4. The number of rotatable bonds is 5. The molecule has 0 fully saturated rings. The van der Waals surface area contributed by atoms with E-state index >= 15 is 0 Å². The Hall–Kier alpha value is -2.58. The number of carbonyl (C=O) groups excluding carboxylic acids is 3. The summed E-state index contributed by atoms with van der Waals surface area (Å²) in [6.07, 6.45) is -4.54. The maximum absolute atomic E-state index is 11.9. The Morgan fingerprint density at radius 3 is 2.00 bits per heavy atom. The second-order valence-corrected chi connectivity index (χ2v) is 4.04. The molecular weight excluding hydrogens is 307 g/mol. The van der Waals surface area contributed by atoms with Gasteiger partial charge >= 0.3 is 18.1 Å². The molecule has 0 aliphatic carbocycles. The lowest BCUT2D eigenvalue weighted by Gasteiger charge is -2.09. The lowest BCUT2D eigenvalue weighted by Crippen LogP contribution is -2.36. The molecule has 0 bridgehead atoms. The normalized spacial score (nSPS) is 10.7. The fraction of sp³-hybridized carbons (Fsp3) is 0.308. The molecule has 0 saturated carbocycles. The van der Waals surface area contributed by atoms with Crippen molar-refractivity contribution in [1.82, 2.24) is 5.32 Å². The second-order valence-electron chi connectivity index (χ2n) is 4.04. The number of carbonyl (C=O) groups is 3. The Bertz CT molecular complexity index is 554.